The van der Waals surface area contributed by atoms with Crippen LogP contribution in [0.3, 0.4) is 0 Å². The van der Waals surface area contributed by atoms with Crippen LogP contribution in [0.5, 0.6) is 0 Å². The van der Waals surface area contributed by atoms with Gasteiger partial charge in [0.15, 0.2) is 11.4 Å². The average Bonchev–Trinajstić information content (AvgIpc) is 4.21. The van der Waals surface area contributed by atoms with Gasteiger partial charge in [0, 0.05) is 101 Å². The van der Waals surface area contributed by atoms with Gasteiger partial charge in [0.1, 0.15) is 6.04 Å². The van der Waals surface area contributed by atoms with Gasteiger partial charge >= 0.3 is 0 Å². The number of anilines is 3. The molecule has 1 N–H and O–H groups in total. The molecule has 0 radical (unpaired) electrons. The Morgan fingerprint density at radius 1 is 0.373 bits per heavy atom. The van der Waals surface area contributed by atoms with Crippen LogP contribution < -0.4 is 9.80 Å². The molecule has 0 bridgehead atoms. The normalized spacial score (nSPS) is 14.1. The molecule has 15 rings (SSSR count). The maximum Gasteiger partial charge on any atom is 0.154 e. The molecule has 14 aromatic rings. The van der Waals surface area contributed by atoms with Crippen molar-refractivity contribution in [3.63, 3.8) is 0 Å². The average molecular weight is 946 g/mol. The van der Waals surface area contributed by atoms with Crippen molar-refractivity contribution < 1.29 is 4.90 Å². The number of nitrogens with zero attached hydrogens (tertiary/aromatic N) is 1. The van der Waals surface area contributed by atoms with Crippen LogP contribution in [0, 0.1) is 0 Å². The fourth-order valence-corrected chi connectivity index (χ4v) is 17.2. The van der Waals surface area contributed by atoms with Crippen LogP contribution >= 0.6 is 56.7 Å². The third-order valence-corrected chi connectivity index (χ3v) is 20.0. The molecule has 9 aromatic carbocycles. The van der Waals surface area contributed by atoms with Crippen molar-refractivity contribution in [2.45, 2.75) is 12.5 Å². The van der Waals surface area contributed by atoms with E-state index >= 15 is 0 Å². The molecule has 0 saturated heterocycles. The molecule has 0 aliphatic heterocycles. The summed E-state index contributed by atoms with van der Waals surface area (Å²) in [6.45, 7) is 0. The molecule has 7 heteroatoms. The highest BCUT2D eigenvalue weighted by molar-refractivity contribution is 7.27. The van der Waals surface area contributed by atoms with E-state index in [1.165, 1.54) is 135 Å². The maximum absolute atomic E-state index is 2.55. The molecule has 5 aromatic heterocycles. The zero-order chi connectivity index (χ0) is 43.7. The predicted molar refractivity (Wildman–Crippen MR) is 298 cm³/mol. The molecule has 2 nitrogen and oxygen atoms in total. The highest BCUT2D eigenvalue weighted by atomic mass is 32.1. The van der Waals surface area contributed by atoms with E-state index in [1.807, 2.05) is 56.7 Å². The SMILES string of the molecule is C1=CC([NH+](c2cccc3c2sc2ccccc23)c2cccc3c2sc2ccccc23)Cc2sc3cc(N(c4cccc5c4sc4ccccc45)c4cccc5c4sc4ccccc45)ccc3c21. The first-order valence-corrected chi connectivity index (χ1v) is 26.8. The highest BCUT2D eigenvalue weighted by Gasteiger charge is 2.34. The lowest BCUT2D eigenvalue weighted by molar-refractivity contribution is -0.780. The molecule has 0 spiro atoms. The van der Waals surface area contributed by atoms with Crippen molar-refractivity contribution in [3.05, 3.63) is 205 Å². The van der Waals surface area contributed by atoms with Gasteiger partial charge in [-0.1, -0.05) is 133 Å². The van der Waals surface area contributed by atoms with Gasteiger partial charge in [0.25, 0.3) is 0 Å². The zero-order valence-corrected chi connectivity index (χ0v) is 39.9. The molecule has 0 fully saturated rings. The second kappa shape index (κ2) is 14.9. The van der Waals surface area contributed by atoms with Gasteiger partial charge < -0.3 is 4.90 Å². The number of hydrogen-bond acceptors (Lipinski definition) is 6. The molecule has 0 saturated carbocycles. The quantitative estimate of drug-likeness (QED) is 0.175. The first-order chi connectivity index (χ1) is 33.2. The summed E-state index contributed by atoms with van der Waals surface area (Å²) in [7, 11) is 0. The molecule has 1 atom stereocenters. The number of quaternary nitrogens is 1. The monoisotopic (exact) mass is 945 g/mol. The summed E-state index contributed by atoms with van der Waals surface area (Å²) in [5, 5.41) is 11.9. The van der Waals surface area contributed by atoms with Crippen molar-refractivity contribution in [2.75, 3.05) is 4.90 Å². The summed E-state index contributed by atoms with van der Waals surface area (Å²) < 4.78 is 12.0. The van der Waals surface area contributed by atoms with E-state index in [2.05, 4.69) is 205 Å². The van der Waals surface area contributed by atoms with Crippen molar-refractivity contribution in [1.29, 1.82) is 0 Å². The summed E-state index contributed by atoms with van der Waals surface area (Å²) in [6.07, 6.45) is 5.92. The number of nitrogens with one attached hydrogen (secondary N) is 1. The number of benzene rings is 9. The van der Waals surface area contributed by atoms with Crippen LogP contribution in [0.1, 0.15) is 10.4 Å². The second-order valence-electron chi connectivity index (χ2n) is 17.6. The molecule has 67 heavy (non-hydrogen) atoms. The van der Waals surface area contributed by atoms with Gasteiger partial charge in [-0.15, -0.1) is 56.7 Å². The van der Waals surface area contributed by atoms with E-state index in [0.717, 1.165) is 6.42 Å². The lowest BCUT2D eigenvalue weighted by Gasteiger charge is -2.28. The summed E-state index contributed by atoms with van der Waals surface area (Å²) in [5.74, 6) is 0. The third kappa shape index (κ3) is 5.80. The third-order valence-electron chi connectivity index (χ3n) is 14.0. The summed E-state index contributed by atoms with van der Waals surface area (Å²) >= 11 is 9.65. The second-order valence-corrected chi connectivity index (χ2v) is 22.9. The van der Waals surface area contributed by atoms with Gasteiger partial charge in [-0.3, -0.25) is 4.90 Å². The number of thiophene rings is 5. The number of rotatable bonds is 6. The fraction of sp³-hybridized carbons (Fsp3) is 0.0333. The van der Waals surface area contributed by atoms with Crippen molar-refractivity contribution in [1.82, 2.24) is 0 Å². The molecule has 1 aliphatic rings. The molecular formula is C60H37N2S5+. The fourth-order valence-electron chi connectivity index (χ4n) is 11.0. The number of fused-ring (bicyclic) bond motifs is 15. The largest absolute Gasteiger partial charge is 0.308 e. The van der Waals surface area contributed by atoms with Crippen molar-refractivity contribution in [2.24, 2.45) is 0 Å². The Kier molecular flexibility index (Phi) is 8.55. The van der Waals surface area contributed by atoms with E-state index in [1.54, 1.807) is 0 Å². The first-order valence-electron chi connectivity index (χ1n) is 22.7. The lowest BCUT2D eigenvalue weighted by Crippen LogP contribution is -3.06. The minimum Gasteiger partial charge on any atom is -0.308 e. The van der Waals surface area contributed by atoms with Crippen LogP contribution in [0.4, 0.5) is 28.4 Å². The topological polar surface area (TPSA) is 7.68 Å². The molecule has 5 heterocycles. The summed E-state index contributed by atoms with van der Waals surface area (Å²) in [6, 6.07) is 70.7. The molecule has 316 valence electrons. The molecule has 1 aliphatic carbocycles. The summed E-state index contributed by atoms with van der Waals surface area (Å²) in [5.41, 5.74) is 7.69. The Hall–Kier alpha value is -6.68. The predicted octanol–water partition coefficient (Wildman–Crippen LogP) is 18.3. The Balaban J connectivity index is 0.902. The standard InChI is InChI=1S/C60H36N2S5/c1-5-25-51-37(13-1)43-17-9-21-47(57(43)64-51)61(48-22-10-18-44-38-14-2-6-26-52(38)65-58(44)48)35-29-31-41-42-32-30-36(34-56(42)63-55(41)33-35)62(49-23-11-19-45-39-15-3-7-27-53(39)66-59(45)49)50-24-12-20-46-40-16-4-8-28-54(40)67-60(46)50/h1-33,36H,34H2/p+1. The van der Waals surface area contributed by atoms with E-state index in [4.69, 9.17) is 0 Å². The van der Waals surface area contributed by atoms with Gasteiger partial charge in [-0.2, -0.15) is 0 Å². The Bertz CT molecular complexity index is 4140. The van der Waals surface area contributed by atoms with Gasteiger partial charge in [-0.05, 0) is 60.2 Å². The molecule has 1 unspecified atom stereocenters. The zero-order valence-electron chi connectivity index (χ0n) is 35.8. The van der Waals surface area contributed by atoms with E-state index < -0.39 is 0 Å². The van der Waals surface area contributed by atoms with Crippen LogP contribution in [-0.2, 0) is 6.42 Å². The van der Waals surface area contributed by atoms with Crippen LogP contribution in [0.25, 0.3) is 96.9 Å². The van der Waals surface area contributed by atoms with E-state index in [-0.39, 0.29) is 6.04 Å². The van der Waals surface area contributed by atoms with Crippen LogP contribution in [0.15, 0.2) is 194 Å². The van der Waals surface area contributed by atoms with E-state index in [9.17, 15) is 0 Å². The van der Waals surface area contributed by atoms with Crippen molar-refractivity contribution in [3.8, 4) is 0 Å². The first kappa shape index (κ1) is 38.4. The van der Waals surface area contributed by atoms with Gasteiger partial charge in [-0.25, -0.2) is 0 Å². The molecular weight excluding hydrogens is 909 g/mol. The van der Waals surface area contributed by atoms with E-state index in [0.29, 0.717) is 0 Å². The minimum absolute atomic E-state index is 0.194. The summed E-state index contributed by atoms with van der Waals surface area (Å²) in [4.78, 5) is 5.43. The van der Waals surface area contributed by atoms with Crippen LogP contribution in [0.2, 0.25) is 0 Å². The van der Waals surface area contributed by atoms with Gasteiger partial charge in [0.2, 0.25) is 0 Å². The molecule has 0 amide bonds. The Labute approximate surface area is 405 Å². The number of hydrogen-bond donors (Lipinski definition) is 1. The highest BCUT2D eigenvalue weighted by Crippen LogP contribution is 2.50. The van der Waals surface area contributed by atoms with Crippen LogP contribution in [-0.4, -0.2) is 6.04 Å². The van der Waals surface area contributed by atoms with Crippen molar-refractivity contribution >= 4 is 182 Å². The smallest absolute Gasteiger partial charge is 0.154 e. The Morgan fingerprint density at radius 3 is 1.31 bits per heavy atom. The maximum atomic E-state index is 2.55. The lowest BCUT2D eigenvalue weighted by atomic mass is 9.96. The Morgan fingerprint density at radius 2 is 0.806 bits per heavy atom. The minimum atomic E-state index is 0.194. The van der Waals surface area contributed by atoms with Gasteiger partial charge in [0.05, 0.1) is 30.2 Å².